The summed E-state index contributed by atoms with van der Waals surface area (Å²) in [5.41, 5.74) is 5.33. The molecule has 1 unspecified atom stereocenters. The van der Waals surface area contributed by atoms with Gasteiger partial charge in [0.25, 0.3) is 0 Å². The fourth-order valence-corrected chi connectivity index (χ4v) is 6.18. The van der Waals surface area contributed by atoms with Crippen molar-refractivity contribution in [2.75, 3.05) is 19.8 Å². The molecule has 0 fully saturated rings. The van der Waals surface area contributed by atoms with Crippen LogP contribution in [0.3, 0.4) is 0 Å². The van der Waals surface area contributed by atoms with Gasteiger partial charge in [-0.15, -0.1) is 0 Å². The van der Waals surface area contributed by atoms with E-state index in [1.807, 2.05) is 0 Å². The molecule has 0 saturated carbocycles. The van der Waals surface area contributed by atoms with Gasteiger partial charge in [-0.1, -0.05) is 139 Å². The second-order valence-electron chi connectivity index (χ2n) is 14.1. The van der Waals surface area contributed by atoms with E-state index in [0.29, 0.717) is 12.8 Å². The van der Waals surface area contributed by atoms with Gasteiger partial charge < -0.3 is 25.2 Å². The SMILES string of the molecule is CC/C=C\C/C=C\C/C=C\CCCCCCCC(=O)OC[C@H](COP(=O)(O)OC[C@H](N)C(=O)O)OC(=O)CCCCCCCCC/C=C\C/C=C\CCCCC. The van der Waals surface area contributed by atoms with E-state index in [1.165, 1.54) is 38.5 Å². The number of carbonyl (C=O) groups is 3. The lowest BCUT2D eigenvalue weighted by Gasteiger charge is -2.20. The summed E-state index contributed by atoms with van der Waals surface area (Å²) in [5.74, 6) is -2.42. The maximum absolute atomic E-state index is 12.6. The molecule has 0 spiro atoms. The van der Waals surface area contributed by atoms with Gasteiger partial charge in [0.2, 0.25) is 0 Å². The number of hydrogen-bond donors (Lipinski definition) is 3. The van der Waals surface area contributed by atoms with Crippen LogP contribution in [0.1, 0.15) is 168 Å². The number of carboxylic acid groups (broad SMARTS) is 1. The molecule has 0 bridgehead atoms. The van der Waals surface area contributed by atoms with Crippen LogP contribution >= 0.6 is 7.82 Å². The number of phosphoric acid groups is 1. The molecule has 0 aliphatic heterocycles. The zero-order valence-corrected chi connectivity index (χ0v) is 35.6. The molecule has 0 rings (SSSR count). The molecule has 12 heteroatoms. The minimum atomic E-state index is -4.72. The van der Waals surface area contributed by atoms with Gasteiger partial charge >= 0.3 is 25.7 Å². The van der Waals surface area contributed by atoms with E-state index in [-0.39, 0.29) is 19.4 Å². The van der Waals surface area contributed by atoms with Gasteiger partial charge in [0.05, 0.1) is 13.2 Å². The van der Waals surface area contributed by atoms with Crippen molar-refractivity contribution >= 4 is 25.7 Å². The first kappa shape index (κ1) is 53.2. The van der Waals surface area contributed by atoms with Crippen LogP contribution in [0, 0.1) is 0 Å². The van der Waals surface area contributed by atoms with Crippen molar-refractivity contribution in [3.63, 3.8) is 0 Å². The highest BCUT2D eigenvalue weighted by Gasteiger charge is 2.28. The molecular weight excluding hydrogens is 733 g/mol. The highest BCUT2D eigenvalue weighted by atomic mass is 31.2. The number of phosphoric ester groups is 1. The van der Waals surface area contributed by atoms with Crippen LogP contribution in [0.25, 0.3) is 0 Å². The largest absolute Gasteiger partial charge is 0.480 e. The first-order valence-electron chi connectivity index (χ1n) is 21.3. The second kappa shape index (κ2) is 39.0. The predicted molar refractivity (Wildman–Crippen MR) is 226 cm³/mol. The summed E-state index contributed by atoms with van der Waals surface area (Å²) in [6.45, 7) is 2.63. The van der Waals surface area contributed by atoms with E-state index in [4.69, 9.17) is 24.8 Å². The number of unbranched alkanes of at least 4 members (excludes halogenated alkanes) is 15. The molecule has 322 valence electrons. The molecule has 0 amide bonds. The molecule has 0 aliphatic carbocycles. The number of hydrogen-bond acceptors (Lipinski definition) is 9. The number of rotatable bonds is 39. The fraction of sp³-hybridized carbons (Fsp3) is 0.705. The summed E-state index contributed by atoms with van der Waals surface area (Å²) in [4.78, 5) is 45.9. The third-order valence-corrected chi connectivity index (χ3v) is 9.70. The summed E-state index contributed by atoms with van der Waals surface area (Å²) < 4.78 is 32.7. The first-order chi connectivity index (χ1) is 27.1. The van der Waals surface area contributed by atoms with Crippen LogP contribution in [0.5, 0.6) is 0 Å². The van der Waals surface area contributed by atoms with Crippen molar-refractivity contribution in [2.24, 2.45) is 5.73 Å². The van der Waals surface area contributed by atoms with Gasteiger partial charge in [0, 0.05) is 12.8 Å². The van der Waals surface area contributed by atoms with Gasteiger partial charge in [-0.3, -0.25) is 23.4 Å². The van der Waals surface area contributed by atoms with E-state index in [9.17, 15) is 23.8 Å². The standard InChI is InChI=1S/C44H76NO10P/c1-3-5-7-9-11-13-15-17-19-20-22-24-26-28-30-32-34-36-43(47)55-40(38-53-56(50,51)54-39-41(45)44(48)49)37-52-42(46)35-33-31-29-27-25-23-21-18-16-14-12-10-8-6-4-2/h6,8,11-14,17-19,21,40-41H,3-5,7,9-10,15-16,20,22-39,45H2,1-2H3,(H,48,49)(H,50,51)/b8-6-,13-11-,14-12-,19-17-,21-18-/t40-,41+/m1/s1. The zero-order chi connectivity index (χ0) is 41.4. The molecule has 11 nitrogen and oxygen atoms in total. The number of esters is 2. The summed E-state index contributed by atoms with van der Waals surface area (Å²) in [6.07, 6.45) is 44.2. The minimum Gasteiger partial charge on any atom is -0.480 e. The Kier molecular flexibility index (Phi) is 37.1. The van der Waals surface area contributed by atoms with Crippen LogP contribution < -0.4 is 5.73 Å². The molecule has 0 radical (unpaired) electrons. The maximum Gasteiger partial charge on any atom is 0.472 e. The normalized spacial score (nSPS) is 14.4. The predicted octanol–water partition coefficient (Wildman–Crippen LogP) is 11.2. The van der Waals surface area contributed by atoms with E-state index in [1.54, 1.807) is 0 Å². The Balaban J connectivity index is 4.42. The lowest BCUT2D eigenvalue weighted by atomic mass is 10.1. The molecule has 0 aliphatic rings. The third kappa shape index (κ3) is 38.1. The van der Waals surface area contributed by atoms with Crippen LogP contribution in [-0.2, 0) is 37.5 Å². The zero-order valence-electron chi connectivity index (χ0n) is 34.7. The second-order valence-corrected chi connectivity index (χ2v) is 15.5. The Hall–Kier alpha value is -2.82. The van der Waals surface area contributed by atoms with Crippen LogP contribution in [0.4, 0.5) is 0 Å². The molecule has 56 heavy (non-hydrogen) atoms. The molecular formula is C44H76NO10P. The number of allylic oxidation sites excluding steroid dienone is 10. The Bertz CT molecular complexity index is 1180. The Morgan fingerprint density at radius 3 is 1.50 bits per heavy atom. The Morgan fingerprint density at radius 2 is 1.00 bits per heavy atom. The average molecular weight is 810 g/mol. The van der Waals surface area contributed by atoms with E-state index in [0.717, 1.165) is 89.9 Å². The van der Waals surface area contributed by atoms with Gasteiger partial charge in [-0.2, -0.15) is 0 Å². The fourth-order valence-electron chi connectivity index (χ4n) is 5.40. The minimum absolute atomic E-state index is 0.146. The van der Waals surface area contributed by atoms with Crippen molar-refractivity contribution in [3.05, 3.63) is 60.8 Å². The third-order valence-electron chi connectivity index (χ3n) is 8.75. The van der Waals surface area contributed by atoms with Crippen LogP contribution in [0.2, 0.25) is 0 Å². The monoisotopic (exact) mass is 810 g/mol. The quantitative estimate of drug-likeness (QED) is 0.0233. The number of aliphatic carboxylic acids is 1. The first-order valence-corrected chi connectivity index (χ1v) is 22.8. The molecule has 0 aromatic heterocycles. The van der Waals surface area contributed by atoms with Crippen molar-refractivity contribution in [3.8, 4) is 0 Å². The van der Waals surface area contributed by atoms with Crippen molar-refractivity contribution in [1.82, 2.24) is 0 Å². The summed E-state index contributed by atoms with van der Waals surface area (Å²) in [7, 11) is -4.72. The molecule has 0 heterocycles. The lowest BCUT2D eigenvalue weighted by molar-refractivity contribution is -0.161. The molecule has 4 N–H and O–H groups in total. The Labute approximate surface area is 338 Å². The smallest absolute Gasteiger partial charge is 0.472 e. The van der Waals surface area contributed by atoms with Crippen molar-refractivity contribution in [1.29, 1.82) is 0 Å². The Morgan fingerprint density at radius 1 is 0.571 bits per heavy atom. The van der Waals surface area contributed by atoms with Gasteiger partial charge in [0.1, 0.15) is 12.6 Å². The maximum atomic E-state index is 12.6. The lowest BCUT2D eigenvalue weighted by Crippen LogP contribution is -2.34. The summed E-state index contributed by atoms with van der Waals surface area (Å²) >= 11 is 0. The molecule has 3 atom stereocenters. The topological polar surface area (TPSA) is 172 Å². The summed E-state index contributed by atoms with van der Waals surface area (Å²) in [6, 6.07) is -1.53. The summed E-state index contributed by atoms with van der Waals surface area (Å²) in [5, 5.41) is 8.88. The number of carboxylic acids is 1. The molecule has 0 aromatic carbocycles. The highest BCUT2D eigenvalue weighted by Crippen LogP contribution is 2.43. The van der Waals surface area contributed by atoms with E-state index < -0.39 is 51.1 Å². The number of carbonyl (C=O) groups excluding carboxylic acids is 2. The van der Waals surface area contributed by atoms with Crippen LogP contribution in [-0.4, -0.2) is 59.9 Å². The number of nitrogens with two attached hydrogens (primary N) is 1. The van der Waals surface area contributed by atoms with Crippen LogP contribution in [0.15, 0.2) is 60.8 Å². The van der Waals surface area contributed by atoms with E-state index >= 15 is 0 Å². The number of ether oxygens (including phenoxy) is 2. The molecule has 0 saturated heterocycles. The van der Waals surface area contributed by atoms with Crippen molar-refractivity contribution in [2.45, 2.75) is 180 Å². The average Bonchev–Trinajstić information content (AvgIpc) is 3.17. The van der Waals surface area contributed by atoms with E-state index in [2.05, 4.69) is 79.1 Å². The van der Waals surface area contributed by atoms with Gasteiger partial charge in [0.15, 0.2) is 6.10 Å². The molecule has 0 aromatic rings. The van der Waals surface area contributed by atoms with Gasteiger partial charge in [-0.05, 0) is 77.0 Å². The van der Waals surface area contributed by atoms with Crippen molar-refractivity contribution < 1.29 is 47.5 Å². The van der Waals surface area contributed by atoms with Gasteiger partial charge in [-0.25, -0.2) is 4.57 Å². The highest BCUT2D eigenvalue weighted by molar-refractivity contribution is 7.47.